The van der Waals surface area contributed by atoms with Crippen LogP contribution < -0.4 is 15.4 Å². The molecule has 2 aromatic carbocycles. The molecule has 0 aliphatic carbocycles. The normalized spacial score (nSPS) is 11.1. The fraction of sp³-hybridized carbons (Fsp3) is 0.138. The Balaban J connectivity index is 1.32. The van der Waals surface area contributed by atoms with Gasteiger partial charge in [0.05, 0.1) is 40.6 Å². The Kier molecular flexibility index (Phi) is 6.99. The highest BCUT2D eigenvalue weighted by atomic mass is 19.1. The zero-order valence-corrected chi connectivity index (χ0v) is 21.9. The van der Waals surface area contributed by atoms with Gasteiger partial charge in [0, 0.05) is 41.6 Å². The van der Waals surface area contributed by atoms with Gasteiger partial charge in [-0.2, -0.15) is 15.5 Å². The molecule has 10 nitrogen and oxygen atoms in total. The summed E-state index contributed by atoms with van der Waals surface area (Å²) in [6, 6.07) is 17.6. The van der Waals surface area contributed by atoms with E-state index in [-0.39, 0.29) is 16.9 Å². The lowest BCUT2D eigenvalue weighted by molar-refractivity contribution is 0.262. The zero-order valence-electron chi connectivity index (χ0n) is 21.9. The first-order valence-corrected chi connectivity index (χ1v) is 12.3. The minimum atomic E-state index is -0.678. The molecule has 3 N–H and O–H groups in total. The molecule has 5 rings (SSSR count). The van der Waals surface area contributed by atoms with Crippen LogP contribution in [0.25, 0.3) is 16.9 Å². The number of nitrogens with zero attached hydrogens (tertiary/aromatic N) is 5. The average molecular weight is 537 g/mol. The number of nitrogens with one attached hydrogen (secondary N) is 3. The standard InChI is InChI=1S/C29H25FN8O2/c1-29(2,3)26-14-27(38(37-26)20-6-4-5-18(11-20)15-31)36-28(39)35-24-8-7-21(12-23(24)30)40-22-9-10-32-25(13-22)19-16-33-34-17-19/h4-14,16-17H,1-3H3,(H,33,34)(H2,35,36,39). The summed E-state index contributed by atoms with van der Waals surface area (Å²) in [6.45, 7) is 6.00. The van der Waals surface area contributed by atoms with Crippen LogP contribution in [0.15, 0.2) is 79.3 Å². The highest BCUT2D eigenvalue weighted by Gasteiger charge is 2.22. The number of ether oxygens (including phenoxy) is 1. The Morgan fingerprint density at radius 3 is 2.62 bits per heavy atom. The van der Waals surface area contributed by atoms with E-state index >= 15 is 0 Å². The van der Waals surface area contributed by atoms with E-state index in [1.807, 2.05) is 20.8 Å². The highest BCUT2D eigenvalue weighted by Crippen LogP contribution is 2.29. The third-order valence-corrected chi connectivity index (χ3v) is 5.89. The molecule has 3 aromatic heterocycles. The molecule has 0 unspecified atom stereocenters. The van der Waals surface area contributed by atoms with Crippen molar-refractivity contribution in [3.8, 4) is 34.5 Å². The molecule has 0 aliphatic rings. The molecule has 0 fully saturated rings. The number of H-pyrrole nitrogens is 1. The van der Waals surface area contributed by atoms with Crippen molar-refractivity contribution < 1.29 is 13.9 Å². The molecule has 3 heterocycles. The van der Waals surface area contributed by atoms with Gasteiger partial charge in [-0.1, -0.05) is 26.8 Å². The van der Waals surface area contributed by atoms with Crippen molar-refractivity contribution in [1.82, 2.24) is 25.0 Å². The number of carbonyl (C=O) groups is 1. The number of rotatable bonds is 6. The van der Waals surface area contributed by atoms with Crippen LogP contribution in [-0.4, -0.2) is 31.0 Å². The summed E-state index contributed by atoms with van der Waals surface area (Å²) in [5, 5.41) is 25.9. The van der Waals surface area contributed by atoms with E-state index in [0.29, 0.717) is 28.5 Å². The fourth-order valence-electron chi connectivity index (χ4n) is 3.83. The summed E-state index contributed by atoms with van der Waals surface area (Å²) < 4.78 is 22.3. The maximum Gasteiger partial charge on any atom is 0.324 e. The van der Waals surface area contributed by atoms with Gasteiger partial charge in [-0.3, -0.25) is 15.4 Å². The van der Waals surface area contributed by atoms with Crippen LogP contribution >= 0.6 is 0 Å². The third-order valence-electron chi connectivity index (χ3n) is 5.89. The first-order chi connectivity index (χ1) is 19.2. The molecule has 5 aromatic rings. The number of pyridine rings is 1. The van der Waals surface area contributed by atoms with Crippen molar-refractivity contribution in [2.24, 2.45) is 0 Å². The van der Waals surface area contributed by atoms with E-state index in [4.69, 9.17) is 4.74 Å². The number of halogens is 1. The quantitative estimate of drug-likeness (QED) is 0.230. The van der Waals surface area contributed by atoms with E-state index < -0.39 is 11.8 Å². The van der Waals surface area contributed by atoms with Crippen LogP contribution in [-0.2, 0) is 5.41 Å². The van der Waals surface area contributed by atoms with Gasteiger partial charge in [-0.15, -0.1) is 0 Å². The van der Waals surface area contributed by atoms with Crippen LogP contribution in [0.4, 0.5) is 20.7 Å². The highest BCUT2D eigenvalue weighted by molar-refractivity contribution is 5.99. The minimum absolute atomic E-state index is 0.0350. The van der Waals surface area contributed by atoms with Crippen molar-refractivity contribution in [3.05, 3.63) is 96.3 Å². The number of anilines is 2. The van der Waals surface area contributed by atoms with E-state index in [9.17, 15) is 14.4 Å². The number of aromatic nitrogens is 5. The van der Waals surface area contributed by atoms with Gasteiger partial charge >= 0.3 is 6.03 Å². The van der Waals surface area contributed by atoms with Crippen molar-refractivity contribution in [3.63, 3.8) is 0 Å². The largest absolute Gasteiger partial charge is 0.457 e. The summed E-state index contributed by atoms with van der Waals surface area (Å²) in [4.78, 5) is 17.2. The summed E-state index contributed by atoms with van der Waals surface area (Å²) >= 11 is 0. The second kappa shape index (κ2) is 10.7. The molecular formula is C29H25FN8O2. The molecule has 0 spiro atoms. The van der Waals surface area contributed by atoms with Gasteiger partial charge in [0.1, 0.15) is 23.1 Å². The second-order valence-electron chi connectivity index (χ2n) is 9.93. The number of carbonyl (C=O) groups excluding carboxylic acids is 1. The smallest absolute Gasteiger partial charge is 0.324 e. The lowest BCUT2D eigenvalue weighted by Crippen LogP contribution is -2.22. The Bertz CT molecular complexity index is 1710. The Labute approximate surface area is 229 Å². The van der Waals surface area contributed by atoms with E-state index in [1.165, 1.54) is 12.1 Å². The zero-order chi connectivity index (χ0) is 28.3. The average Bonchev–Trinajstić information content (AvgIpc) is 3.61. The van der Waals surface area contributed by atoms with Crippen molar-refractivity contribution in [2.45, 2.75) is 26.2 Å². The summed E-state index contributed by atoms with van der Waals surface area (Å²) in [5.41, 5.74) is 2.88. The molecule has 0 saturated heterocycles. The van der Waals surface area contributed by atoms with Crippen LogP contribution in [0.3, 0.4) is 0 Å². The lowest BCUT2D eigenvalue weighted by atomic mass is 9.92. The molecule has 0 bridgehead atoms. The molecule has 11 heteroatoms. The van der Waals surface area contributed by atoms with E-state index in [1.54, 1.807) is 71.8 Å². The first kappa shape index (κ1) is 26.1. The number of hydrogen-bond donors (Lipinski definition) is 3. The van der Waals surface area contributed by atoms with Crippen LogP contribution in [0.2, 0.25) is 0 Å². The molecule has 0 saturated carbocycles. The lowest BCUT2D eigenvalue weighted by Gasteiger charge is -2.14. The van der Waals surface area contributed by atoms with Crippen molar-refractivity contribution in [1.29, 1.82) is 5.26 Å². The number of nitriles is 1. The number of urea groups is 1. The maximum atomic E-state index is 14.9. The number of aromatic amines is 1. The van der Waals surface area contributed by atoms with E-state index in [2.05, 4.69) is 37.0 Å². The summed E-state index contributed by atoms with van der Waals surface area (Å²) in [5.74, 6) is 0.400. The minimum Gasteiger partial charge on any atom is -0.457 e. The molecular weight excluding hydrogens is 511 g/mol. The molecule has 0 radical (unpaired) electrons. The molecule has 2 amide bonds. The van der Waals surface area contributed by atoms with Crippen molar-refractivity contribution >= 4 is 17.5 Å². The molecule has 200 valence electrons. The Hall–Kier alpha value is -5.50. The van der Waals surface area contributed by atoms with Gasteiger partial charge in [0.2, 0.25) is 0 Å². The van der Waals surface area contributed by atoms with Crippen LogP contribution in [0, 0.1) is 17.1 Å². The Morgan fingerprint density at radius 2 is 1.90 bits per heavy atom. The molecule has 0 atom stereocenters. The van der Waals surface area contributed by atoms with E-state index in [0.717, 1.165) is 11.3 Å². The molecule has 40 heavy (non-hydrogen) atoms. The predicted octanol–water partition coefficient (Wildman–Crippen LogP) is 6.40. The van der Waals surface area contributed by atoms with Gasteiger partial charge in [-0.25, -0.2) is 13.9 Å². The summed E-state index contributed by atoms with van der Waals surface area (Å²) in [7, 11) is 0. The monoisotopic (exact) mass is 536 g/mol. The van der Waals surface area contributed by atoms with Crippen molar-refractivity contribution in [2.75, 3.05) is 10.6 Å². The fourth-order valence-corrected chi connectivity index (χ4v) is 3.83. The van der Waals surface area contributed by atoms with Crippen LogP contribution in [0.5, 0.6) is 11.5 Å². The number of hydrogen-bond acceptors (Lipinski definition) is 6. The first-order valence-electron chi connectivity index (χ1n) is 12.3. The second-order valence-corrected chi connectivity index (χ2v) is 9.93. The van der Waals surface area contributed by atoms with Gasteiger partial charge < -0.3 is 10.1 Å². The van der Waals surface area contributed by atoms with Gasteiger partial charge in [0.15, 0.2) is 0 Å². The topological polar surface area (TPSA) is 134 Å². The maximum absolute atomic E-state index is 14.9. The Morgan fingerprint density at radius 1 is 1.07 bits per heavy atom. The predicted molar refractivity (Wildman–Crippen MR) is 148 cm³/mol. The molecule has 0 aliphatic heterocycles. The number of benzene rings is 2. The SMILES string of the molecule is CC(C)(C)c1cc(NC(=O)Nc2ccc(Oc3ccnc(-c4cn[nH]c4)c3)cc2F)n(-c2cccc(C#N)c2)n1. The van der Waals surface area contributed by atoms with Gasteiger partial charge in [-0.05, 0) is 36.4 Å². The summed E-state index contributed by atoms with van der Waals surface area (Å²) in [6.07, 6.45) is 4.93. The van der Waals surface area contributed by atoms with Gasteiger partial charge in [0.25, 0.3) is 0 Å². The number of amides is 2. The van der Waals surface area contributed by atoms with Crippen LogP contribution in [0.1, 0.15) is 32.0 Å². The third kappa shape index (κ3) is 5.81.